The molecule has 0 fully saturated rings. The second-order valence-electron chi connectivity index (χ2n) is 5.09. The van der Waals surface area contributed by atoms with Crippen molar-refractivity contribution in [2.24, 2.45) is 0 Å². The molecule has 3 heteroatoms. The first kappa shape index (κ1) is 17.9. The van der Waals surface area contributed by atoms with Crippen molar-refractivity contribution in [1.82, 2.24) is 0 Å². The average Bonchev–Trinajstić information content (AvgIpc) is 2.35. The quantitative estimate of drug-likeness (QED) is 0.418. The standard InChI is InChI=1S/C16H28O3/c1-3-4-11-15(14(2)17)12-9-7-5-6-8-10-13-16(18)19/h12H,3-11,13H2,1-2H3,(H,18,19)/b15-12-. The Balaban J connectivity index is 3.63. The van der Waals surface area contributed by atoms with Crippen LogP contribution in [0, 0.1) is 0 Å². The molecule has 0 aliphatic heterocycles. The highest BCUT2D eigenvalue weighted by Crippen LogP contribution is 2.13. The van der Waals surface area contributed by atoms with E-state index in [1.807, 2.05) is 0 Å². The van der Waals surface area contributed by atoms with Crippen molar-refractivity contribution in [3.05, 3.63) is 11.6 Å². The van der Waals surface area contributed by atoms with E-state index < -0.39 is 5.97 Å². The molecular formula is C16H28O3. The van der Waals surface area contributed by atoms with Crippen LogP contribution in [0.25, 0.3) is 0 Å². The van der Waals surface area contributed by atoms with Crippen LogP contribution in [0.5, 0.6) is 0 Å². The van der Waals surface area contributed by atoms with Crippen LogP contribution < -0.4 is 0 Å². The second-order valence-corrected chi connectivity index (χ2v) is 5.09. The van der Waals surface area contributed by atoms with E-state index in [-0.39, 0.29) is 12.2 Å². The first-order valence-corrected chi connectivity index (χ1v) is 7.49. The Labute approximate surface area is 117 Å². The Hall–Kier alpha value is -1.12. The Morgan fingerprint density at radius 1 is 0.947 bits per heavy atom. The summed E-state index contributed by atoms with van der Waals surface area (Å²) in [4.78, 5) is 21.7. The fraction of sp³-hybridized carbons (Fsp3) is 0.750. The Morgan fingerprint density at radius 2 is 1.58 bits per heavy atom. The van der Waals surface area contributed by atoms with Crippen LogP contribution in [0.4, 0.5) is 0 Å². The van der Waals surface area contributed by atoms with E-state index in [1.54, 1.807) is 6.92 Å². The van der Waals surface area contributed by atoms with Gasteiger partial charge >= 0.3 is 5.97 Å². The van der Waals surface area contributed by atoms with Crippen molar-refractivity contribution in [1.29, 1.82) is 0 Å². The number of unbranched alkanes of at least 4 members (excludes halogenated alkanes) is 6. The fourth-order valence-corrected chi connectivity index (χ4v) is 2.02. The molecule has 0 bridgehead atoms. The zero-order valence-corrected chi connectivity index (χ0v) is 12.4. The lowest BCUT2D eigenvalue weighted by Crippen LogP contribution is -1.96. The van der Waals surface area contributed by atoms with E-state index in [1.165, 1.54) is 0 Å². The second kappa shape index (κ2) is 11.9. The molecule has 1 N–H and O–H groups in total. The number of aliphatic carboxylic acids is 1. The number of rotatable bonds is 12. The Morgan fingerprint density at radius 3 is 2.16 bits per heavy atom. The van der Waals surface area contributed by atoms with E-state index in [9.17, 15) is 9.59 Å². The van der Waals surface area contributed by atoms with Gasteiger partial charge in [-0.15, -0.1) is 0 Å². The van der Waals surface area contributed by atoms with E-state index in [0.29, 0.717) is 0 Å². The van der Waals surface area contributed by atoms with Crippen LogP contribution in [-0.2, 0) is 9.59 Å². The number of hydrogen-bond donors (Lipinski definition) is 1. The largest absolute Gasteiger partial charge is 0.481 e. The molecule has 0 unspecified atom stereocenters. The molecule has 0 aromatic carbocycles. The van der Waals surface area contributed by atoms with E-state index in [2.05, 4.69) is 13.0 Å². The summed E-state index contributed by atoms with van der Waals surface area (Å²) in [5.74, 6) is -0.500. The third-order valence-electron chi connectivity index (χ3n) is 3.24. The molecule has 0 heterocycles. The minimum absolute atomic E-state index is 0.204. The highest BCUT2D eigenvalue weighted by molar-refractivity contribution is 5.93. The minimum atomic E-state index is -0.704. The molecule has 0 amide bonds. The van der Waals surface area contributed by atoms with Crippen LogP contribution in [0.3, 0.4) is 0 Å². The number of carbonyl (C=O) groups excluding carboxylic acids is 1. The first-order chi connectivity index (χ1) is 9.07. The molecule has 19 heavy (non-hydrogen) atoms. The molecule has 0 aliphatic rings. The molecule has 3 nitrogen and oxygen atoms in total. The molecule has 0 aliphatic carbocycles. The Kier molecular flexibility index (Phi) is 11.2. The van der Waals surface area contributed by atoms with Gasteiger partial charge in [-0.1, -0.05) is 38.7 Å². The van der Waals surface area contributed by atoms with Crippen LogP contribution in [-0.4, -0.2) is 16.9 Å². The highest BCUT2D eigenvalue weighted by Gasteiger charge is 2.02. The maximum absolute atomic E-state index is 11.4. The summed E-state index contributed by atoms with van der Waals surface area (Å²) < 4.78 is 0. The number of carbonyl (C=O) groups is 2. The number of carboxylic acids is 1. The summed E-state index contributed by atoms with van der Waals surface area (Å²) >= 11 is 0. The van der Waals surface area contributed by atoms with E-state index in [4.69, 9.17) is 5.11 Å². The van der Waals surface area contributed by atoms with Gasteiger partial charge in [0.1, 0.15) is 0 Å². The minimum Gasteiger partial charge on any atom is -0.481 e. The van der Waals surface area contributed by atoms with Crippen molar-refractivity contribution >= 4 is 11.8 Å². The maximum Gasteiger partial charge on any atom is 0.303 e. The number of allylic oxidation sites excluding steroid dienone is 2. The zero-order chi connectivity index (χ0) is 14.5. The topological polar surface area (TPSA) is 54.4 Å². The summed E-state index contributed by atoms with van der Waals surface area (Å²) in [6.07, 6.45) is 11.5. The van der Waals surface area contributed by atoms with Crippen LogP contribution >= 0.6 is 0 Å². The number of Topliss-reactive ketones (excluding diaryl/α,β-unsaturated/α-hetero) is 1. The SMILES string of the molecule is CCCC/C(=C/CCCCCCCC(=O)O)C(C)=O. The summed E-state index contributed by atoms with van der Waals surface area (Å²) in [5, 5.41) is 8.50. The van der Waals surface area contributed by atoms with Gasteiger partial charge in [0.05, 0.1) is 0 Å². The third-order valence-corrected chi connectivity index (χ3v) is 3.24. The zero-order valence-electron chi connectivity index (χ0n) is 12.4. The van der Waals surface area contributed by atoms with Crippen molar-refractivity contribution in [2.75, 3.05) is 0 Å². The van der Waals surface area contributed by atoms with Gasteiger partial charge in [0.25, 0.3) is 0 Å². The van der Waals surface area contributed by atoms with Crippen molar-refractivity contribution in [3.8, 4) is 0 Å². The molecule has 0 atom stereocenters. The maximum atomic E-state index is 11.4. The lowest BCUT2D eigenvalue weighted by Gasteiger charge is -2.03. The first-order valence-electron chi connectivity index (χ1n) is 7.49. The number of ketones is 1. The normalized spacial score (nSPS) is 11.6. The van der Waals surface area contributed by atoms with Gasteiger partial charge < -0.3 is 5.11 Å². The van der Waals surface area contributed by atoms with Crippen molar-refractivity contribution < 1.29 is 14.7 Å². The van der Waals surface area contributed by atoms with Crippen LogP contribution in [0.15, 0.2) is 11.6 Å². The molecule has 0 aromatic heterocycles. The van der Waals surface area contributed by atoms with Gasteiger partial charge in [0.2, 0.25) is 0 Å². The van der Waals surface area contributed by atoms with Crippen LogP contribution in [0.2, 0.25) is 0 Å². The van der Waals surface area contributed by atoms with Gasteiger partial charge in [-0.2, -0.15) is 0 Å². The summed E-state index contributed by atoms with van der Waals surface area (Å²) in [6.45, 7) is 3.78. The molecule has 0 aromatic rings. The lowest BCUT2D eigenvalue weighted by molar-refractivity contribution is -0.137. The smallest absolute Gasteiger partial charge is 0.303 e. The van der Waals surface area contributed by atoms with E-state index in [0.717, 1.165) is 63.4 Å². The monoisotopic (exact) mass is 268 g/mol. The van der Waals surface area contributed by atoms with Gasteiger partial charge in [0, 0.05) is 6.42 Å². The average molecular weight is 268 g/mol. The lowest BCUT2D eigenvalue weighted by atomic mass is 10.0. The highest BCUT2D eigenvalue weighted by atomic mass is 16.4. The van der Waals surface area contributed by atoms with Crippen molar-refractivity contribution in [3.63, 3.8) is 0 Å². The number of carboxylic acid groups (broad SMARTS) is 1. The molecule has 0 rings (SSSR count). The summed E-state index contributed by atoms with van der Waals surface area (Å²) in [5.41, 5.74) is 0.979. The predicted molar refractivity (Wildman–Crippen MR) is 78.2 cm³/mol. The number of hydrogen-bond acceptors (Lipinski definition) is 2. The third kappa shape index (κ3) is 11.7. The summed E-state index contributed by atoms with van der Waals surface area (Å²) in [6, 6.07) is 0. The van der Waals surface area contributed by atoms with Gasteiger partial charge in [-0.3, -0.25) is 9.59 Å². The Bertz CT molecular complexity index is 292. The van der Waals surface area contributed by atoms with Crippen molar-refractivity contribution in [2.45, 2.75) is 78.1 Å². The fourth-order valence-electron chi connectivity index (χ4n) is 2.02. The molecule has 110 valence electrons. The van der Waals surface area contributed by atoms with Gasteiger partial charge in [-0.25, -0.2) is 0 Å². The van der Waals surface area contributed by atoms with Gasteiger partial charge in [0.15, 0.2) is 5.78 Å². The summed E-state index contributed by atoms with van der Waals surface area (Å²) in [7, 11) is 0. The molecule has 0 saturated carbocycles. The molecule has 0 spiro atoms. The predicted octanol–water partition coefficient (Wildman–Crippen LogP) is 4.51. The molecule has 0 radical (unpaired) electrons. The molecular weight excluding hydrogens is 240 g/mol. The van der Waals surface area contributed by atoms with E-state index >= 15 is 0 Å². The molecule has 0 saturated heterocycles. The van der Waals surface area contributed by atoms with Crippen LogP contribution in [0.1, 0.15) is 78.1 Å². The van der Waals surface area contributed by atoms with Gasteiger partial charge in [-0.05, 0) is 44.6 Å².